The predicted molar refractivity (Wildman–Crippen MR) is 121 cm³/mol. The number of β-amino-alcohol motifs (C(OH)–C–C–N with tert-alkyl or cyclic N) is 1. The summed E-state index contributed by atoms with van der Waals surface area (Å²) >= 11 is 1.68. The highest BCUT2D eigenvalue weighted by Crippen LogP contribution is 2.38. The van der Waals surface area contributed by atoms with Gasteiger partial charge in [-0.25, -0.2) is 0 Å². The molecule has 1 N–H and O–H groups in total. The van der Waals surface area contributed by atoms with Crippen LogP contribution in [0.3, 0.4) is 0 Å². The number of benzene rings is 2. The molecule has 2 saturated heterocycles. The number of aliphatic hydroxyl groups is 1. The molecule has 30 heavy (non-hydrogen) atoms. The molecule has 0 aliphatic carbocycles. The number of rotatable bonds is 7. The van der Waals surface area contributed by atoms with Crippen LogP contribution < -0.4 is 4.74 Å². The number of ether oxygens (including phenoxy) is 2. The zero-order valence-corrected chi connectivity index (χ0v) is 17.9. The van der Waals surface area contributed by atoms with Crippen molar-refractivity contribution in [3.63, 3.8) is 0 Å². The number of aliphatic hydroxyl groups excluding tert-OH is 1. The molecule has 2 aliphatic heterocycles. The number of piperazine rings is 1. The summed E-state index contributed by atoms with van der Waals surface area (Å²) in [6.07, 6.45) is -0.509. The van der Waals surface area contributed by atoms with Crippen molar-refractivity contribution >= 4 is 22.1 Å². The molecule has 0 spiro atoms. The summed E-state index contributed by atoms with van der Waals surface area (Å²) in [5.74, 6) is 0.834. The van der Waals surface area contributed by atoms with Crippen molar-refractivity contribution in [1.29, 1.82) is 0 Å². The van der Waals surface area contributed by atoms with Crippen LogP contribution >= 0.6 is 11.3 Å². The summed E-state index contributed by atoms with van der Waals surface area (Å²) in [7, 11) is 0. The van der Waals surface area contributed by atoms with Crippen molar-refractivity contribution in [2.45, 2.75) is 12.1 Å². The van der Waals surface area contributed by atoms with Crippen LogP contribution in [0, 0.1) is 0 Å². The van der Waals surface area contributed by atoms with Crippen LogP contribution in [-0.4, -0.2) is 79.6 Å². The normalized spacial score (nSPS) is 19.6. The Morgan fingerprint density at radius 2 is 1.90 bits per heavy atom. The summed E-state index contributed by atoms with van der Waals surface area (Å²) in [6, 6.07) is 15.2. The van der Waals surface area contributed by atoms with Gasteiger partial charge in [0.15, 0.2) is 0 Å². The molecule has 0 saturated carbocycles. The molecule has 0 amide bonds. The molecule has 5 nitrogen and oxygen atoms in total. The quantitative estimate of drug-likeness (QED) is 0.630. The first-order valence-corrected chi connectivity index (χ1v) is 11.6. The Kier molecular flexibility index (Phi) is 6.02. The SMILES string of the molecule is OC(COc1ccc2ccccc2c1-c1ccsc1)CN1CCN(C2COC2)CC1. The van der Waals surface area contributed by atoms with E-state index in [-0.39, 0.29) is 0 Å². The standard InChI is InChI=1S/C24H28N2O3S/c27-21(13-25-8-10-26(11-9-25)20-14-28-15-20)16-29-23-6-5-18-3-1-2-4-22(18)24(23)19-7-12-30-17-19/h1-7,12,17,20-21,27H,8-11,13-16H2. The van der Waals surface area contributed by atoms with Gasteiger partial charge >= 0.3 is 0 Å². The van der Waals surface area contributed by atoms with E-state index in [1.165, 1.54) is 10.8 Å². The summed E-state index contributed by atoms with van der Waals surface area (Å²) in [4.78, 5) is 4.84. The molecule has 1 atom stereocenters. The molecule has 1 aromatic heterocycles. The molecule has 3 heterocycles. The second-order valence-electron chi connectivity index (χ2n) is 8.16. The Morgan fingerprint density at radius 1 is 1.07 bits per heavy atom. The van der Waals surface area contributed by atoms with E-state index in [4.69, 9.17) is 9.47 Å². The highest BCUT2D eigenvalue weighted by molar-refractivity contribution is 7.08. The van der Waals surface area contributed by atoms with Gasteiger partial charge in [0.25, 0.3) is 0 Å². The third-order valence-electron chi connectivity index (χ3n) is 6.14. The van der Waals surface area contributed by atoms with E-state index in [2.05, 4.69) is 57.0 Å². The van der Waals surface area contributed by atoms with Crippen molar-refractivity contribution in [3.05, 3.63) is 53.2 Å². The maximum Gasteiger partial charge on any atom is 0.127 e. The average molecular weight is 425 g/mol. The second-order valence-corrected chi connectivity index (χ2v) is 8.94. The first-order valence-electron chi connectivity index (χ1n) is 10.7. The van der Waals surface area contributed by atoms with Gasteiger partial charge in [-0.3, -0.25) is 9.80 Å². The maximum atomic E-state index is 10.6. The summed E-state index contributed by atoms with van der Waals surface area (Å²) in [6.45, 7) is 6.77. The van der Waals surface area contributed by atoms with Crippen LogP contribution in [0.2, 0.25) is 0 Å². The Bertz CT molecular complexity index is 966. The minimum absolute atomic E-state index is 0.298. The van der Waals surface area contributed by atoms with Crippen molar-refractivity contribution in [1.82, 2.24) is 9.80 Å². The predicted octanol–water partition coefficient (Wildman–Crippen LogP) is 3.32. The summed E-state index contributed by atoms with van der Waals surface area (Å²) in [5.41, 5.74) is 2.27. The van der Waals surface area contributed by atoms with Gasteiger partial charge in [0.05, 0.1) is 19.3 Å². The maximum absolute atomic E-state index is 10.6. The minimum Gasteiger partial charge on any atom is -0.490 e. The Balaban J connectivity index is 1.22. The Hall–Kier alpha value is -1.96. The van der Waals surface area contributed by atoms with E-state index in [0.717, 1.165) is 56.3 Å². The molecule has 158 valence electrons. The van der Waals surface area contributed by atoms with Gasteiger partial charge in [-0.15, -0.1) is 0 Å². The molecular formula is C24H28N2O3S. The highest BCUT2D eigenvalue weighted by Gasteiger charge is 2.29. The topological polar surface area (TPSA) is 45.2 Å². The number of fused-ring (bicyclic) bond motifs is 1. The van der Waals surface area contributed by atoms with Crippen LogP contribution in [0.4, 0.5) is 0 Å². The van der Waals surface area contributed by atoms with Crippen LogP contribution in [0.1, 0.15) is 0 Å². The lowest BCUT2D eigenvalue weighted by atomic mass is 9.99. The number of hydrogen-bond donors (Lipinski definition) is 1. The fourth-order valence-electron chi connectivity index (χ4n) is 4.36. The van der Waals surface area contributed by atoms with Crippen molar-refractivity contribution in [2.24, 2.45) is 0 Å². The molecule has 0 bridgehead atoms. The van der Waals surface area contributed by atoms with E-state index in [9.17, 15) is 5.11 Å². The largest absolute Gasteiger partial charge is 0.490 e. The molecule has 1 unspecified atom stereocenters. The second kappa shape index (κ2) is 9.04. The van der Waals surface area contributed by atoms with Crippen molar-refractivity contribution in [2.75, 3.05) is 52.5 Å². The smallest absolute Gasteiger partial charge is 0.127 e. The molecule has 2 aromatic carbocycles. The van der Waals surface area contributed by atoms with E-state index in [1.54, 1.807) is 11.3 Å². The third kappa shape index (κ3) is 4.24. The summed E-state index contributed by atoms with van der Waals surface area (Å²) < 4.78 is 11.5. The van der Waals surface area contributed by atoms with Gasteiger partial charge in [0.2, 0.25) is 0 Å². The van der Waals surface area contributed by atoms with Gasteiger partial charge in [0, 0.05) is 38.3 Å². The van der Waals surface area contributed by atoms with Gasteiger partial charge in [-0.05, 0) is 39.2 Å². The minimum atomic E-state index is -0.509. The molecule has 2 aliphatic rings. The zero-order chi connectivity index (χ0) is 20.3. The van der Waals surface area contributed by atoms with E-state index in [0.29, 0.717) is 19.2 Å². The van der Waals surface area contributed by atoms with Gasteiger partial charge in [-0.1, -0.05) is 30.3 Å². The lowest BCUT2D eigenvalue weighted by Crippen LogP contribution is -2.57. The fourth-order valence-corrected chi connectivity index (χ4v) is 5.00. The van der Waals surface area contributed by atoms with E-state index < -0.39 is 6.10 Å². The van der Waals surface area contributed by atoms with Crippen molar-refractivity contribution < 1.29 is 14.6 Å². The molecule has 5 rings (SSSR count). The molecule has 2 fully saturated rings. The fraction of sp³-hybridized carbons (Fsp3) is 0.417. The number of nitrogens with zero attached hydrogens (tertiary/aromatic N) is 2. The molecule has 6 heteroatoms. The number of thiophene rings is 1. The van der Waals surface area contributed by atoms with Crippen LogP contribution in [0.5, 0.6) is 5.75 Å². The van der Waals surface area contributed by atoms with Gasteiger partial charge < -0.3 is 14.6 Å². The average Bonchev–Trinajstić information content (AvgIpc) is 3.26. The Morgan fingerprint density at radius 3 is 2.63 bits per heavy atom. The van der Waals surface area contributed by atoms with Crippen LogP contribution in [-0.2, 0) is 4.74 Å². The molecule has 0 radical (unpaired) electrons. The third-order valence-corrected chi connectivity index (χ3v) is 6.83. The lowest BCUT2D eigenvalue weighted by Gasteiger charge is -2.42. The first kappa shape index (κ1) is 20.0. The van der Waals surface area contributed by atoms with Crippen LogP contribution in [0.25, 0.3) is 21.9 Å². The zero-order valence-electron chi connectivity index (χ0n) is 17.1. The van der Waals surface area contributed by atoms with E-state index in [1.807, 2.05) is 6.07 Å². The van der Waals surface area contributed by atoms with Crippen LogP contribution in [0.15, 0.2) is 53.2 Å². The van der Waals surface area contributed by atoms with Crippen molar-refractivity contribution in [3.8, 4) is 16.9 Å². The van der Waals surface area contributed by atoms with Gasteiger partial charge in [0.1, 0.15) is 18.5 Å². The molecular weight excluding hydrogens is 396 g/mol. The Labute approximate surface area is 181 Å². The number of hydrogen-bond acceptors (Lipinski definition) is 6. The highest BCUT2D eigenvalue weighted by atomic mass is 32.1. The lowest BCUT2D eigenvalue weighted by molar-refractivity contribution is -0.0793. The summed E-state index contributed by atoms with van der Waals surface area (Å²) in [5, 5.41) is 17.2. The van der Waals surface area contributed by atoms with Gasteiger partial charge in [-0.2, -0.15) is 11.3 Å². The monoisotopic (exact) mass is 424 g/mol. The molecule has 3 aromatic rings. The first-order chi connectivity index (χ1) is 14.8. The van der Waals surface area contributed by atoms with E-state index >= 15 is 0 Å².